The highest BCUT2D eigenvalue weighted by molar-refractivity contribution is 5.89. The van der Waals surface area contributed by atoms with Crippen LogP contribution in [0.4, 0.5) is 0 Å². The van der Waals surface area contributed by atoms with Gasteiger partial charge in [0.05, 0.1) is 26.7 Å². The standard InChI is InChI=1S/C20H22NO3/c1-13-17-12-20(24-5)19(23-4)11-15(17)10-18(21(13)2)14-7-6-8-16(9-14)22-3/h6-12H,1-5H3/q+1. The summed E-state index contributed by atoms with van der Waals surface area (Å²) in [5, 5.41) is 2.25. The largest absolute Gasteiger partial charge is 0.497 e. The van der Waals surface area contributed by atoms with Crippen LogP contribution in [0.25, 0.3) is 22.0 Å². The van der Waals surface area contributed by atoms with E-state index < -0.39 is 0 Å². The average Bonchev–Trinajstić information content (AvgIpc) is 2.63. The third-order valence-electron chi connectivity index (χ3n) is 4.47. The Morgan fingerprint density at radius 2 is 1.54 bits per heavy atom. The maximum Gasteiger partial charge on any atom is 0.213 e. The first-order valence-corrected chi connectivity index (χ1v) is 7.78. The molecule has 0 atom stereocenters. The molecule has 0 radical (unpaired) electrons. The minimum atomic E-state index is 0.731. The molecule has 3 rings (SSSR count). The second-order valence-corrected chi connectivity index (χ2v) is 5.70. The van der Waals surface area contributed by atoms with Gasteiger partial charge in [-0.05, 0) is 35.7 Å². The van der Waals surface area contributed by atoms with Gasteiger partial charge in [-0.2, -0.15) is 4.57 Å². The van der Waals surface area contributed by atoms with Crippen molar-refractivity contribution in [3.63, 3.8) is 0 Å². The fraction of sp³-hybridized carbons (Fsp3) is 0.250. The van der Waals surface area contributed by atoms with E-state index in [1.807, 2.05) is 30.3 Å². The van der Waals surface area contributed by atoms with Crippen molar-refractivity contribution in [2.24, 2.45) is 7.05 Å². The predicted octanol–water partition coefficient (Wildman–Crippen LogP) is 3.67. The highest BCUT2D eigenvalue weighted by Gasteiger charge is 2.19. The molecule has 0 N–H and O–H groups in total. The van der Waals surface area contributed by atoms with Gasteiger partial charge in [-0.25, -0.2) is 0 Å². The zero-order valence-corrected chi connectivity index (χ0v) is 14.7. The summed E-state index contributed by atoms with van der Waals surface area (Å²) >= 11 is 0. The normalized spacial score (nSPS) is 10.7. The summed E-state index contributed by atoms with van der Waals surface area (Å²) in [4.78, 5) is 0. The lowest BCUT2D eigenvalue weighted by Gasteiger charge is -2.12. The van der Waals surface area contributed by atoms with Gasteiger partial charge in [0.15, 0.2) is 17.2 Å². The van der Waals surface area contributed by atoms with Crippen LogP contribution in [-0.2, 0) is 7.05 Å². The van der Waals surface area contributed by atoms with Crippen molar-refractivity contribution in [3.05, 3.63) is 48.2 Å². The zero-order chi connectivity index (χ0) is 17.3. The number of hydrogen-bond acceptors (Lipinski definition) is 3. The molecule has 0 saturated carbocycles. The van der Waals surface area contributed by atoms with Crippen molar-refractivity contribution in [2.45, 2.75) is 6.92 Å². The minimum Gasteiger partial charge on any atom is -0.497 e. The van der Waals surface area contributed by atoms with Gasteiger partial charge < -0.3 is 14.2 Å². The van der Waals surface area contributed by atoms with Crippen molar-refractivity contribution in [1.82, 2.24) is 0 Å². The number of fused-ring (bicyclic) bond motifs is 1. The van der Waals surface area contributed by atoms with Crippen LogP contribution in [0.1, 0.15) is 5.69 Å². The van der Waals surface area contributed by atoms with Crippen molar-refractivity contribution in [2.75, 3.05) is 21.3 Å². The quantitative estimate of drug-likeness (QED) is 0.686. The molecule has 3 aromatic rings. The van der Waals surface area contributed by atoms with Crippen LogP contribution in [0.5, 0.6) is 17.2 Å². The van der Waals surface area contributed by atoms with E-state index >= 15 is 0 Å². The van der Waals surface area contributed by atoms with Gasteiger partial charge in [-0.3, -0.25) is 0 Å². The van der Waals surface area contributed by atoms with Gasteiger partial charge in [0.1, 0.15) is 12.8 Å². The molecule has 4 nitrogen and oxygen atoms in total. The van der Waals surface area contributed by atoms with E-state index in [4.69, 9.17) is 14.2 Å². The topological polar surface area (TPSA) is 31.6 Å². The molecule has 0 spiro atoms. The number of methoxy groups -OCH3 is 3. The average molecular weight is 324 g/mol. The molecule has 1 aromatic heterocycles. The molecule has 2 aromatic carbocycles. The van der Waals surface area contributed by atoms with Crippen molar-refractivity contribution < 1.29 is 18.8 Å². The second-order valence-electron chi connectivity index (χ2n) is 5.70. The minimum absolute atomic E-state index is 0.731. The van der Waals surface area contributed by atoms with Crippen LogP contribution in [0.3, 0.4) is 0 Å². The molecule has 0 aliphatic rings. The summed E-state index contributed by atoms with van der Waals surface area (Å²) in [5.74, 6) is 2.31. The molecule has 24 heavy (non-hydrogen) atoms. The van der Waals surface area contributed by atoms with E-state index in [0.29, 0.717) is 0 Å². The maximum absolute atomic E-state index is 5.44. The summed E-state index contributed by atoms with van der Waals surface area (Å²) in [6.07, 6.45) is 0. The Morgan fingerprint density at radius 3 is 2.21 bits per heavy atom. The van der Waals surface area contributed by atoms with Crippen LogP contribution >= 0.6 is 0 Å². The molecule has 0 saturated heterocycles. The Bertz CT molecular complexity index is 903. The lowest BCUT2D eigenvalue weighted by atomic mass is 10.0. The van der Waals surface area contributed by atoms with Crippen LogP contribution in [0, 0.1) is 6.92 Å². The molecule has 0 aliphatic carbocycles. The molecule has 124 valence electrons. The smallest absolute Gasteiger partial charge is 0.213 e. The van der Waals surface area contributed by atoms with Gasteiger partial charge in [0.25, 0.3) is 0 Å². The number of ether oxygens (including phenoxy) is 3. The number of aryl methyl sites for hydroxylation is 1. The predicted molar refractivity (Wildman–Crippen MR) is 95.0 cm³/mol. The Hall–Kier alpha value is -2.75. The number of hydrogen-bond donors (Lipinski definition) is 0. The number of nitrogens with zero attached hydrogens (tertiary/aromatic N) is 1. The number of aromatic nitrogens is 1. The van der Waals surface area contributed by atoms with E-state index in [2.05, 4.69) is 30.7 Å². The Labute approximate surface area is 142 Å². The highest BCUT2D eigenvalue weighted by atomic mass is 16.5. The third kappa shape index (κ3) is 2.64. The lowest BCUT2D eigenvalue weighted by Crippen LogP contribution is -2.34. The molecule has 0 aliphatic heterocycles. The van der Waals surface area contributed by atoms with Gasteiger partial charge in [-0.1, -0.05) is 6.07 Å². The van der Waals surface area contributed by atoms with Crippen LogP contribution < -0.4 is 18.8 Å². The summed E-state index contributed by atoms with van der Waals surface area (Å²) < 4.78 is 18.4. The molecular weight excluding hydrogens is 302 g/mol. The summed E-state index contributed by atoms with van der Waals surface area (Å²) in [6.45, 7) is 2.11. The molecule has 0 bridgehead atoms. The number of pyridine rings is 1. The van der Waals surface area contributed by atoms with E-state index in [1.165, 1.54) is 0 Å². The third-order valence-corrected chi connectivity index (χ3v) is 4.47. The second kappa shape index (κ2) is 6.40. The fourth-order valence-corrected chi connectivity index (χ4v) is 2.99. The first kappa shape index (κ1) is 16.1. The molecule has 0 amide bonds. The highest BCUT2D eigenvalue weighted by Crippen LogP contribution is 2.34. The van der Waals surface area contributed by atoms with E-state index in [-0.39, 0.29) is 0 Å². The monoisotopic (exact) mass is 324 g/mol. The van der Waals surface area contributed by atoms with Crippen molar-refractivity contribution >= 4 is 10.8 Å². The fourth-order valence-electron chi connectivity index (χ4n) is 2.99. The van der Waals surface area contributed by atoms with E-state index in [0.717, 1.165) is 45.0 Å². The first-order chi connectivity index (χ1) is 11.6. The SMILES string of the molecule is COc1cccc(-c2cc3cc(OC)c(OC)cc3c(C)[n+]2C)c1. The molecule has 4 heteroatoms. The first-order valence-electron chi connectivity index (χ1n) is 7.78. The van der Waals surface area contributed by atoms with Gasteiger partial charge >= 0.3 is 0 Å². The summed E-state index contributed by atoms with van der Waals surface area (Å²) in [7, 11) is 7.06. The van der Waals surface area contributed by atoms with Crippen LogP contribution in [0.2, 0.25) is 0 Å². The summed E-state index contributed by atoms with van der Waals surface area (Å²) in [5.41, 5.74) is 3.38. The van der Waals surface area contributed by atoms with Gasteiger partial charge in [-0.15, -0.1) is 0 Å². The molecule has 0 fully saturated rings. The molecule has 1 heterocycles. The van der Waals surface area contributed by atoms with Gasteiger partial charge in [0, 0.05) is 18.6 Å². The van der Waals surface area contributed by atoms with Crippen molar-refractivity contribution in [1.29, 1.82) is 0 Å². The van der Waals surface area contributed by atoms with Crippen LogP contribution in [-0.4, -0.2) is 21.3 Å². The van der Waals surface area contributed by atoms with Gasteiger partial charge in [0.2, 0.25) is 5.69 Å². The number of benzene rings is 2. The Kier molecular flexibility index (Phi) is 4.30. The summed E-state index contributed by atoms with van der Waals surface area (Å²) in [6, 6.07) is 14.3. The van der Waals surface area contributed by atoms with E-state index in [1.54, 1.807) is 21.3 Å². The Balaban J connectivity index is 2.28. The number of rotatable bonds is 4. The molecular formula is C20H22NO3+. The Morgan fingerprint density at radius 1 is 0.833 bits per heavy atom. The lowest BCUT2D eigenvalue weighted by molar-refractivity contribution is -0.665. The molecule has 0 unspecified atom stereocenters. The van der Waals surface area contributed by atoms with E-state index in [9.17, 15) is 0 Å². The maximum atomic E-state index is 5.44. The zero-order valence-electron chi connectivity index (χ0n) is 14.7. The van der Waals surface area contributed by atoms with Crippen LogP contribution in [0.15, 0.2) is 42.5 Å². The van der Waals surface area contributed by atoms with Crippen molar-refractivity contribution in [3.8, 4) is 28.5 Å².